The molecule has 0 unspecified atom stereocenters. The fourth-order valence-electron chi connectivity index (χ4n) is 2.49. The number of thiazole rings is 1. The minimum Gasteiger partial charge on any atom is -1.00 e. The van der Waals surface area contributed by atoms with Crippen LogP contribution in [0.25, 0.3) is 10.2 Å². The number of hydrogen-bond acceptors (Lipinski definition) is 6. The van der Waals surface area contributed by atoms with E-state index >= 15 is 0 Å². The van der Waals surface area contributed by atoms with E-state index in [0.29, 0.717) is 17.3 Å². The summed E-state index contributed by atoms with van der Waals surface area (Å²) >= 11 is 3.02. The molecule has 0 aliphatic heterocycles. The molecule has 0 aliphatic rings. The molecular weight excluding hydrogens is 599 g/mol. The molecule has 4 aromatic rings. The first-order chi connectivity index (χ1) is 14.2. The molecule has 9 heteroatoms. The van der Waals surface area contributed by atoms with Gasteiger partial charge in [0, 0.05) is 18.2 Å². The summed E-state index contributed by atoms with van der Waals surface area (Å²) in [6.07, 6.45) is 0. The quantitative estimate of drug-likeness (QED) is 0.159. The number of carbonyl (C=O) groups excluding carboxylic acids is 1. The van der Waals surface area contributed by atoms with Crippen molar-refractivity contribution in [1.82, 2.24) is 4.98 Å². The standard InChI is InChI=1S/C21H17IN2O3S2.BrH/c1-2-26-13-27-16-9-10-17-18(12-16)29-21(23-17)24-20(25)14-5-7-15(8-6-14)22-19-4-3-11-28-19;/h3-12H,2,13H2,1H3;1H. The first kappa shape index (κ1) is 23.1. The number of carbonyl (C=O) groups is 1. The van der Waals surface area contributed by atoms with Crippen molar-refractivity contribution >= 4 is 43.9 Å². The summed E-state index contributed by atoms with van der Waals surface area (Å²) in [7, 11) is 0. The Labute approximate surface area is 203 Å². The van der Waals surface area contributed by atoms with Gasteiger partial charge in [-0.15, -0.1) is 0 Å². The number of benzene rings is 2. The molecule has 2 aromatic carbocycles. The van der Waals surface area contributed by atoms with E-state index in [1.165, 1.54) is 17.8 Å². The van der Waals surface area contributed by atoms with Crippen LogP contribution < -0.4 is 48.2 Å². The van der Waals surface area contributed by atoms with Crippen molar-refractivity contribution in [3.63, 3.8) is 0 Å². The van der Waals surface area contributed by atoms with Gasteiger partial charge < -0.3 is 26.5 Å². The Kier molecular flexibility index (Phi) is 8.63. The predicted molar refractivity (Wildman–Crippen MR) is 113 cm³/mol. The molecule has 2 aromatic heterocycles. The highest BCUT2D eigenvalue weighted by atomic mass is 127. The van der Waals surface area contributed by atoms with E-state index in [2.05, 4.69) is 27.8 Å². The summed E-state index contributed by atoms with van der Waals surface area (Å²) in [5, 5.41) is 5.57. The van der Waals surface area contributed by atoms with E-state index < -0.39 is 0 Å². The lowest BCUT2D eigenvalue weighted by molar-refractivity contribution is -0.591. The summed E-state index contributed by atoms with van der Waals surface area (Å²) in [5.41, 5.74) is 1.45. The zero-order chi connectivity index (χ0) is 20.1. The molecule has 0 bridgehead atoms. The van der Waals surface area contributed by atoms with Crippen molar-refractivity contribution in [3.8, 4) is 5.75 Å². The number of fused-ring (bicyclic) bond motifs is 1. The van der Waals surface area contributed by atoms with E-state index in [1.807, 2.05) is 49.4 Å². The maximum Gasteiger partial charge on any atom is 0.369 e. The van der Waals surface area contributed by atoms with E-state index in [1.54, 1.807) is 11.3 Å². The zero-order valence-electron chi connectivity index (χ0n) is 15.9. The van der Waals surface area contributed by atoms with Gasteiger partial charge in [0.2, 0.25) is 2.88 Å². The van der Waals surface area contributed by atoms with E-state index in [4.69, 9.17) is 9.47 Å². The van der Waals surface area contributed by atoms with Crippen LogP contribution in [0.1, 0.15) is 17.3 Å². The highest BCUT2D eigenvalue weighted by molar-refractivity contribution is 7.22. The Morgan fingerprint density at radius 2 is 2.00 bits per heavy atom. The maximum absolute atomic E-state index is 12.6. The Bertz CT molecular complexity index is 1100. The molecule has 30 heavy (non-hydrogen) atoms. The monoisotopic (exact) mass is 616 g/mol. The third kappa shape index (κ3) is 6.01. The van der Waals surface area contributed by atoms with E-state index in [9.17, 15) is 4.79 Å². The lowest BCUT2D eigenvalue weighted by atomic mass is 10.2. The fraction of sp³-hybridized carbons (Fsp3) is 0.143. The Morgan fingerprint density at radius 1 is 1.17 bits per heavy atom. The number of anilines is 1. The molecule has 1 amide bonds. The molecule has 5 nitrogen and oxygen atoms in total. The third-order valence-corrected chi connectivity index (χ3v) is 8.99. The highest BCUT2D eigenvalue weighted by Crippen LogP contribution is 2.29. The molecule has 0 saturated carbocycles. The van der Waals surface area contributed by atoms with E-state index in [0.717, 1.165) is 16.0 Å². The number of thiophene rings is 1. The van der Waals surface area contributed by atoms with Crippen molar-refractivity contribution in [2.45, 2.75) is 6.92 Å². The summed E-state index contributed by atoms with van der Waals surface area (Å²) in [5.74, 6) is 0.565. The fourth-order valence-corrected chi connectivity index (χ4v) is 7.01. The number of nitrogens with one attached hydrogen (secondary N) is 1. The SMILES string of the molecule is CCOCOc1ccc2nc(NC(=O)c3ccc([I+]c4cccs4)cc3)sc2c1.[Br-]. The lowest BCUT2D eigenvalue weighted by Crippen LogP contribution is -3.61. The van der Waals surface area contributed by atoms with Gasteiger partial charge in [0.15, 0.2) is 15.5 Å². The number of amides is 1. The van der Waals surface area contributed by atoms with Crippen LogP contribution in [0.2, 0.25) is 0 Å². The number of rotatable bonds is 8. The van der Waals surface area contributed by atoms with Crippen molar-refractivity contribution < 1.29 is 52.5 Å². The Hall–Kier alpha value is -1.53. The first-order valence-corrected chi connectivity index (χ1v) is 12.8. The molecule has 0 fully saturated rings. The van der Waals surface area contributed by atoms with Gasteiger partial charge in [-0.1, -0.05) is 22.7 Å². The topological polar surface area (TPSA) is 60.5 Å². The second-order valence-electron chi connectivity index (χ2n) is 5.88. The number of nitrogens with zero attached hydrogens (tertiary/aromatic N) is 1. The van der Waals surface area contributed by atoms with Crippen molar-refractivity contribution in [3.05, 3.63) is 72.0 Å². The molecule has 156 valence electrons. The molecule has 0 radical (unpaired) electrons. The van der Waals surface area contributed by atoms with Gasteiger partial charge in [0.25, 0.3) is 5.91 Å². The van der Waals surface area contributed by atoms with Gasteiger partial charge >= 0.3 is 21.2 Å². The largest absolute Gasteiger partial charge is 1.00 e. The average Bonchev–Trinajstić information content (AvgIpc) is 3.37. The summed E-state index contributed by atoms with van der Waals surface area (Å²) < 4.78 is 14.4. The maximum atomic E-state index is 12.6. The van der Waals surface area contributed by atoms with Crippen LogP contribution in [0.15, 0.2) is 60.0 Å². The van der Waals surface area contributed by atoms with E-state index in [-0.39, 0.29) is 50.9 Å². The summed E-state index contributed by atoms with van der Waals surface area (Å²) in [4.78, 5) is 17.1. The second kappa shape index (κ2) is 11.2. The van der Waals surface area contributed by atoms with Gasteiger partial charge in [-0.3, -0.25) is 10.1 Å². The van der Waals surface area contributed by atoms with Gasteiger partial charge in [0.05, 0.1) is 10.2 Å². The van der Waals surface area contributed by atoms with Gasteiger partial charge in [-0.2, -0.15) is 0 Å². The summed E-state index contributed by atoms with van der Waals surface area (Å²) in [6, 6.07) is 17.7. The van der Waals surface area contributed by atoms with Crippen LogP contribution in [-0.4, -0.2) is 24.3 Å². The minimum absolute atomic E-state index is 0. The summed E-state index contributed by atoms with van der Waals surface area (Å²) in [6.45, 7) is 2.74. The average molecular weight is 617 g/mol. The van der Waals surface area contributed by atoms with Crippen LogP contribution in [0.4, 0.5) is 5.13 Å². The minimum atomic E-state index is -0.183. The number of hydrogen-bond donors (Lipinski definition) is 1. The normalized spacial score (nSPS) is 10.6. The molecule has 0 spiro atoms. The van der Waals surface area contributed by atoms with Gasteiger partial charge in [-0.05, 0) is 60.8 Å². The van der Waals surface area contributed by atoms with Crippen molar-refractivity contribution in [2.75, 3.05) is 18.7 Å². The smallest absolute Gasteiger partial charge is 0.369 e. The van der Waals surface area contributed by atoms with Crippen LogP contribution in [0.5, 0.6) is 5.75 Å². The van der Waals surface area contributed by atoms with Gasteiger partial charge in [0.1, 0.15) is 5.75 Å². The molecule has 0 saturated heterocycles. The molecule has 2 heterocycles. The predicted octanol–water partition coefficient (Wildman–Crippen LogP) is -0.885. The van der Waals surface area contributed by atoms with Crippen molar-refractivity contribution in [1.29, 1.82) is 0 Å². The second-order valence-corrected chi connectivity index (χ2v) is 11.5. The zero-order valence-corrected chi connectivity index (χ0v) is 21.3. The molecule has 0 atom stereocenters. The molecular formula is C21H18BrIN2O3S2. The van der Waals surface area contributed by atoms with Crippen LogP contribution in [0.3, 0.4) is 0 Å². The molecule has 0 aliphatic carbocycles. The number of ether oxygens (including phenoxy) is 2. The number of halogens is 2. The first-order valence-electron chi connectivity index (χ1n) is 8.92. The highest BCUT2D eigenvalue weighted by Gasteiger charge is 2.17. The van der Waals surface area contributed by atoms with Gasteiger partial charge in [-0.25, -0.2) is 4.98 Å². The molecule has 4 rings (SSSR count). The van der Waals surface area contributed by atoms with Crippen LogP contribution >= 0.6 is 22.7 Å². The van der Waals surface area contributed by atoms with Crippen LogP contribution in [-0.2, 0) is 4.74 Å². The van der Waals surface area contributed by atoms with Crippen LogP contribution in [0, 0.1) is 6.45 Å². The van der Waals surface area contributed by atoms with Crippen molar-refractivity contribution in [2.24, 2.45) is 0 Å². The lowest BCUT2D eigenvalue weighted by Gasteiger charge is -2.04. The third-order valence-electron chi connectivity index (χ3n) is 3.89. The molecule has 1 N–H and O–H groups in total. The number of aromatic nitrogens is 1. The Morgan fingerprint density at radius 3 is 2.73 bits per heavy atom. The Balaban J connectivity index is 0.00000256.